The molecule has 1 aliphatic rings. The van der Waals surface area contributed by atoms with Crippen molar-refractivity contribution in [2.24, 2.45) is 5.92 Å². The van der Waals surface area contributed by atoms with Crippen LogP contribution in [-0.4, -0.2) is 54.3 Å². The van der Waals surface area contributed by atoms with E-state index in [2.05, 4.69) is 0 Å². The molecule has 7 heteroatoms. The monoisotopic (exact) mass is 278 g/mol. The smallest absolute Gasteiger partial charge is 0.322 e. The molecule has 0 radical (unpaired) electrons. The highest BCUT2D eigenvalue weighted by atomic mass is 32.2. The van der Waals surface area contributed by atoms with Crippen LogP contribution in [0.3, 0.4) is 0 Å². The van der Waals surface area contributed by atoms with Gasteiger partial charge in [0.1, 0.15) is 6.04 Å². The second-order valence-electron chi connectivity index (χ2n) is 4.89. The van der Waals surface area contributed by atoms with Gasteiger partial charge in [-0.05, 0) is 25.2 Å². The molecular formula is C11H22N2O4S. The number of carbonyl (C=O) groups is 1. The van der Waals surface area contributed by atoms with Gasteiger partial charge >= 0.3 is 5.97 Å². The Bertz CT molecular complexity index is 396. The highest BCUT2D eigenvalue weighted by Crippen LogP contribution is 2.21. The number of piperidine rings is 1. The molecular weight excluding hydrogens is 256 g/mol. The first-order valence-electron chi connectivity index (χ1n) is 6.26. The first-order valence-corrected chi connectivity index (χ1v) is 7.66. The van der Waals surface area contributed by atoms with Crippen molar-refractivity contribution >= 4 is 16.2 Å². The summed E-state index contributed by atoms with van der Waals surface area (Å²) in [6, 6.07) is -0.993. The predicted molar refractivity (Wildman–Crippen MR) is 68.4 cm³/mol. The molecule has 1 aliphatic heterocycles. The van der Waals surface area contributed by atoms with E-state index < -0.39 is 22.2 Å². The van der Waals surface area contributed by atoms with Gasteiger partial charge in [0.25, 0.3) is 10.2 Å². The van der Waals surface area contributed by atoms with E-state index in [1.807, 2.05) is 6.92 Å². The van der Waals surface area contributed by atoms with E-state index in [9.17, 15) is 13.2 Å². The summed E-state index contributed by atoms with van der Waals surface area (Å²) in [4.78, 5) is 11.0. The maximum atomic E-state index is 12.3. The number of likely N-dealkylation sites (N-methyl/N-ethyl adjacent to an activating group) is 1. The van der Waals surface area contributed by atoms with Crippen LogP contribution in [0.15, 0.2) is 0 Å². The highest BCUT2D eigenvalue weighted by Gasteiger charge is 2.36. The molecule has 0 saturated carbocycles. The van der Waals surface area contributed by atoms with Gasteiger partial charge in [0, 0.05) is 20.1 Å². The second kappa shape index (κ2) is 5.99. The molecule has 1 saturated heterocycles. The number of hydrogen-bond acceptors (Lipinski definition) is 3. The first kappa shape index (κ1) is 15.4. The fourth-order valence-electron chi connectivity index (χ4n) is 2.29. The van der Waals surface area contributed by atoms with Crippen LogP contribution in [0.1, 0.15) is 33.1 Å². The zero-order chi connectivity index (χ0) is 13.9. The largest absolute Gasteiger partial charge is 0.480 e. The third-order valence-electron chi connectivity index (χ3n) is 3.42. The van der Waals surface area contributed by atoms with Crippen LogP contribution in [0, 0.1) is 5.92 Å². The first-order chi connectivity index (χ1) is 8.30. The van der Waals surface area contributed by atoms with Crippen LogP contribution in [-0.2, 0) is 15.0 Å². The number of rotatable bonds is 5. The minimum atomic E-state index is -3.67. The van der Waals surface area contributed by atoms with E-state index in [1.165, 1.54) is 11.4 Å². The van der Waals surface area contributed by atoms with E-state index >= 15 is 0 Å². The van der Waals surface area contributed by atoms with Gasteiger partial charge in [-0.15, -0.1) is 0 Å². The Labute approximate surface area is 109 Å². The molecule has 2 unspecified atom stereocenters. The van der Waals surface area contributed by atoms with Crippen LogP contribution < -0.4 is 0 Å². The van der Waals surface area contributed by atoms with Gasteiger partial charge in [-0.3, -0.25) is 4.79 Å². The topological polar surface area (TPSA) is 77.9 Å². The molecule has 1 N–H and O–H groups in total. The summed E-state index contributed by atoms with van der Waals surface area (Å²) in [6.07, 6.45) is 2.11. The lowest BCUT2D eigenvalue weighted by molar-refractivity contribution is -0.141. The maximum absolute atomic E-state index is 12.3. The lowest BCUT2D eigenvalue weighted by Gasteiger charge is -2.34. The maximum Gasteiger partial charge on any atom is 0.322 e. The average molecular weight is 278 g/mol. The summed E-state index contributed by atoms with van der Waals surface area (Å²) >= 11 is 0. The molecule has 0 spiro atoms. The summed E-state index contributed by atoms with van der Waals surface area (Å²) < 4.78 is 27.0. The molecule has 0 aromatic rings. The number of nitrogens with zero attached hydrogens (tertiary/aromatic N) is 2. The minimum Gasteiger partial charge on any atom is -0.480 e. The fraction of sp³-hybridized carbons (Fsp3) is 0.909. The van der Waals surface area contributed by atoms with Crippen molar-refractivity contribution in [3.63, 3.8) is 0 Å². The Morgan fingerprint density at radius 2 is 2.17 bits per heavy atom. The molecule has 1 heterocycles. The summed E-state index contributed by atoms with van der Waals surface area (Å²) in [5.74, 6) is -0.777. The Kier molecular flexibility index (Phi) is 5.12. The van der Waals surface area contributed by atoms with Gasteiger partial charge in [0.15, 0.2) is 0 Å². The number of carboxylic acids is 1. The van der Waals surface area contributed by atoms with E-state index in [0.717, 1.165) is 17.1 Å². The Balaban J connectivity index is 2.87. The van der Waals surface area contributed by atoms with Crippen molar-refractivity contribution in [2.45, 2.75) is 39.2 Å². The van der Waals surface area contributed by atoms with E-state index in [-0.39, 0.29) is 6.42 Å². The predicted octanol–water partition coefficient (Wildman–Crippen LogP) is 0.758. The summed E-state index contributed by atoms with van der Waals surface area (Å²) in [5, 5.41) is 9.03. The zero-order valence-corrected chi connectivity index (χ0v) is 12.0. The van der Waals surface area contributed by atoms with Crippen molar-refractivity contribution in [1.82, 2.24) is 8.61 Å². The lowest BCUT2D eigenvalue weighted by Crippen LogP contribution is -2.51. The normalized spacial score (nSPS) is 24.1. The van der Waals surface area contributed by atoms with Crippen LogP contribution in [0.4, 0.5) is 0 Å². The Morgan fingerprint density at radius 3 is 2.61 bits per heavy atom. The molecule has 1 fully saturated rings. The molecule has 0 aliphatic carbocycles. The van der Waals surface area contributed by atoms with E-state index in [0.29, 0.717) is 19.0 Å². The quantitative estimate of drug-likeness (QED) is 0.805. The average Bonchev–Trinajstić information content (AvgIpc) is 2.29. The fourth-order valence-corrected chi connectivity index (χ4v) is 4.01. The van der Waals surface area contributed by atoms with Crippen LogP contribution >= 0.6 is 0 Å². The van der Waals surface area contributed by atoms with Gasteiger partial charge in [0.05, 0.1) is 0 Å². The lowest BCUT2D eigenvalue weighted by atomic mass is 10.0. The zero-order valence-electron chi connectivity index (χ0n) is 11.2. The van der Waals surface area contributed by atoms with Crippen molar-refractivity contribution in [2.75, 3.05) is 20.1 Å². The van der Waals surface area contributed by atoms with Gasteiger partial charge in [0.2, 0.25) is 0 Å². The molecule has 0 aromatic carbocycles. The standard InChI is InChI=1S/C11H22N2O4S/c1-4-10(11(14)15)12(3)18(16,17)13-7-5-6-9(2)8-13/h9-10H,4-8H2,1-3H3,(H,14,15). The van der Waals surface area contributed by atoms with Gasteiger partial charge in [-0.2, -0.15) is 17.0 Å². The molecule has 18 heavy (non-hydrogen) atoms. The van der Waals surface area contributed by atoms with Gasteiger partial charge in [-0.1, -0.05) is 13.8 Å². The third kappa shape index (κ3) is 3.21. The Hall–Kier alpha value is -0.660. The molecule has 0 bridgehead atoms. The molecule has 6 nitrogen and oxygen atoms in total. The third-order valence-corrected chi connectivity index (χ3v) is 5.39. The summed E-state index contributed by atoms with van der Waals surface area (Å²) in [7, 11) is -2.32. The van der Waals surface area contributed by atoms with Gasteiger partial charge < -0.3 is 5.11 Å². The summed E-state index contributed by atoms with van der Waals surface area (Å²) in [6.45, 7) is 4.63. The van der Waals surface area contributed by atoms with Crippen LogP contribution in [0.5, 0.6) is 0 Å². The highest BCUT2D eigenvalue weighted by molar-refractivity contribution is 7.86. The minimum absolute atomic E-state index is 0.258. The van der Waals surface area contributed by atoms with E-state index in [1.54, 1.807) is 6.92 Å². The second-order valence-corrected chi connectivity index (χ2v) is 6.88. The molecule has 106 valence electrons. The van der Waals surface area contributed by atoms with Crippen molar-refractivity contribution in [3.05, 3.63) is 0 Å². The number of hydrogen-bond donors (Lipinski definition) is 1. The molecule has 0 aromatic heterocycles. The van der Waals surface area contributed by atoms with Crippen LogP contribution in [0.2, 0.25) is 0 Å². The molecule has 2 atom stereocenters. The number of aliphatic carboxylic acids is 1. The Morgan fingerprint density at radius 1 is 1.56 bits per heavy atom. The van der Waals surface area contributed by atoms with E-state index in [4.69, 9.17) is 5.11 Å². The molecule has 1 rings (SSSR count). The molecule has 0 amide bonds. The van der Waals surface area contributed by atoms with Crippen molar-refractivity contribution < 1.29 is 18.3 Å². The summed E-state index contributed by atoms with van der Waals surface area (Å²) in [5.41, 5.74) is 0. The van der Waals surface area contributed by atoms with Crippen molar-refractivity contribution in [3.8, 4) is 0 Å². The van der Waals surface area contributed by atoms with Crippen molar-refractivity contribution in [1.29, 1.82) is 0 Å². The SMILES string of the molecule is CCC(C(=O)O)N(C)S(=O)(=O)N1CCCC(C)C1. The number of carboxylic acid groups (broad SMARTS) is 1. The van der Waals surface area contributed by atoms with Gasteiger partial charge in [-0.25, -0.2) is 0 Å². The van der Waals surface area contributed by atoms with Crippen LogP contribution in [0.25, 0.3) is 0 Å².